The molecule has 1 atom stereocenters. The van der Waals surface area contributed by atoms with Gasteiger partial charge in [-0.2, -0.15) is 0 Å². The van der Waals surface area contributed by atoms with Crippen molar-refractivity contribution in [2.45, 2.75) is 12.8 Å². The summed E-state index contributed by atoms with van der Waals surface area (Å²) in [6, 6.07) is 9.57. The molecule has 2 aromatic rings. The SMILES string of the molecule is CC(CS(=O)(=O)Nc1cnc(N(C)C)nc1)c1ccccc1. The van der Waals surface area contributed by atoms with Crippen LogP contribution in [0.5, 0.6) is 0 Å². The minimum Gasteiger partial charge on any atom is -0.347 e. The molecule has 0 radical (unpaired) electrons. The van der Waals surface area contributed by atoms with Crippen molar-refractivity contribution in [2.24, 2.45) is 0 Å². The molecule has 6 nitrogen and oxygen atoms in total. The topological polar surface area (TPSA) is 75.2 Å². The molecule has 1 heterocycles. The Hall–Kier alpha value is -2.15. The summed E-state index contributed by atoms with van der Waals surface area (Å²) in [5, 5.41) is 0. The lowest BCUT2D eigenvalue weighted by Crippen LogP contribution is -2.21. The summed E-state index contributed by atoms with van der Waals surface area (Å²) >= 11 is 0. The molecule has 1 unspecified atom stereocenters. The van der Waals surface area contributed by atoms with E-state index in [1.165, 1.54) is 12.4 Å². The molecule has 0 amide bonds. The predicted octanol–water partition coefficient (Wildman–Crippen LogP) is 2.09. The second-order valence-electron chi connectivity index (χ2n) is 5.36. The molecule has 0 aliphatic carbocycles. The van der Waals surface area contributed by atoms with Crippen LogP contribution in [0.2, 0.25) is 0 Å². The fourth-order valence-electron chi connectivity index (χ4n) is 2.03. The summed E-state index contributed by atoms with van der Waals surface area (Å²) in [5.41, 5.74) is 1.36. The van der Waals surface area contributed by atoms with Gasteiger partial charge in [-0.05, 0) is 11.5 Å². The number of anilines is 2. The first-order valence-electron chi connectivity index (χ1n) is 6.92. The Kier molecular flexibility index (Phi) is 4.97. The number of rotatable bonds is 6. The van der Waals surface area contributed by atoms with Gasteiger partial charge in [0.05, 0.1) is 23.8 Å². The highest BCUT2D eigenvalue weighted by molar-refractivity contribution is 7.92. The van der Waals surface area contributed by atoms with Gasteiger partial charge in [-0.3, -0.25) is 4.72 Å². The van der Waals surface area contributed by atoms with Gasteiger partial charge < -0.3 is 4.90 Å². The van der Waals surface area contributed by atoms with E-state index in [1.54, 1.807) is 4.90 Å². The maximum atomic E-state index is 12.2. The quantitative estimate of drug-likeness (QED) is 0.882. The predicted molar refractivity (Wildman–Crippen MR) is 88.6 cm³/mol. The summed E-state index contributed by atoms with van der Waals surface area (Å²) < 4.78 is 27.0. The van der Waals surface area contributed by atoms with Crippen LogP contribution in [0.4, 0.5) is 11.6 Å². The van der Waals surface area contributed by atoms with Crippen LogP contribution in [0.25, 0.3) is 0 Å². The third-order valence-electron chi connectivity index (χ3n) is 3.15. The second-order valence-corrected chi connectivity index (χ2v) is 7.13. The van der Waals surface area contributed by atoms with Crippen molar-refractivity contribution in [3.8, 4) is 0 Å². The van der Waals surface area contributed by atoms with Crippen LogP contribution in [0.1, 0.15) is 18.4 Å². The van der Waals surface area contributed by atoms with Crippen molar-refractivity contribution < 1.29 is 8.42 Å². The van der Waals surface area contributed by atoms with Crippen molar-refractivity contribution in [1.82, 2.24) is 9.97 Å². The van der Waals surface area contributed by atoms with Crippen molar-refractivity contribution in [2.75, 3.05) is 29.5 Å². The zero-order chi connectivity index (χ0) is 16.2. The molecular weight excluding hydrogens is 300 g/mol. The number of aromatic nitrogens is 2. The highest BCUT2D eigenvalue weighted by Crippen LogP contribution is 2.18. The van der Waals surface area contributed by atoms with Gasteiger partial charge in [-0.1, -0.05) is 37.3 Å². The normalized spacial score (nSPS) is 12.7. The van der Waals surface area contributed by atoms with E-state index in [0.29, 0.717) is 11.6 Å². The molecule has 22 heavy (non-hydrogen) atoms. The largest absolute Gasteiger partial charge is 0.347 e. The lowest BCUT2D eigenvalue weighted by molar-refractivity contribution is 0.595. The van der Waals surface area contributed by atoms with E-state index in [-0.39, 0.29) is 11.7 Å². The summed E-state index contributed by atoms with van der Waals surface area (Å²) in [4.78, 5) is 9.92. The lowest BCUT2D eigenvalue weighted by atomic mass is 10.0. The summed E-state index contributed by atoms with van der Waals surface area (Å²) in [6.07, 6.45) is 2.93. The van der Waals surface area contributed by atoms with Crippen molar-refractivity contribution >= 4 is 21.7 Å². The third kappa shape index (κ3) is 4.42. The minimum atomic E-state index is -3.46. The molecule has 2 rings (SSSR count). The minimum absolute atomic E-state index is 0.00639. The standard InChI is InChI=1S/C15H20N4O2S/c1-12(13-7-5-4-6-8-13)11-22(20,21)18-14-9-16-15(17-10-14)19(2)3/h4-10,12,18H,11H2,1-3H3. The second kappa shape index (κ2) is 6.74. The molecule has 1 aromatic heterocycles. The van der Waals surface area contributed by atoms with E-state index in [1.807, 2.05) is 51.4 Å². The number of benzene rings is 1. The smallest absolute Gasteiger partial charge is 0.233 e. The molecule has 7 heteroatoms. The monoisotopic (exact) mass is 320 g/mol. The van der Waals surface area contributed by atoms with Gasteiger partial charge in [0.15, 0.2) is 0 Å². The molecule has 118 valence electrons. The summed E-state index contributed by atoms with van der Waals surface area (Å²) in [5.74, 6) is 0.438. The van der Waals surface area contributed by atoms with E-state index in [0.717, 1.165) is 5.56 Å². The zero-order valence-corrected chi connectivity index (χ0v) is 13.7. The van der Waals surface area contributed by atoms with Crippen molar-refractivity contribution in [1.29, 1.82) is 0 Å². The summed E-state index contributed by atoms with van der Waals surface area (Å²) in [7, 11) is 0.182. The van der Waals surface area contributed by atoms with Gasteiger partial charge in [0.1, 0.15) is 0 Å². The van der Waals surface area contributed by atoms with E-state index in [9.17, 15) is 8.42 Å². The van der Waals surface area contributed by atoms with Crippen LogP contribution < -0.4 is 9.62 Å². The number of nitrogens with zero attached hydrogens (tertiary/aromatic N) is 3. The molecule has 0 aliphatic rings. The maximum Gasteiger partial charge on any atom is 0.233 e. The van der Waals surface area contributed by atoms with Crippen LogP contribution in [-0.2, 0) is 10.0 Å². The van der Waals surface area contributed by atoms with Gasteiger partial charge in [0, 0.05) is 14.1 Å². The Morgan fingerprint density at radius 2 is 1.73 bits per heavy atom. The fourth-order valence-corrected chi connectivity index (χ4v) is 3.43. The highest BCUT2D eigenvalue weighted by Gasteiger charge is 2.17. The molecule has 0 saturated carbocycles. The number of nitrogens with one attached hydrogen (secondary N) is 1. The first-order valence-corrected chi connectivity index (χ1v) is 8.57. The van der Waals surface area contributed by atoms with Gasteiger partial charge in [0.2, 0.25) is 16.0 Å². The van der Waals surface area contributed by atoms with E-state index >= 15 is 0 Å². The Labute approximate surface area is 131 Å². The molecular formula is C15H20N4O2S. The average molecular weight is 320 g/mol. The van der Waals surface area contributed by atoms with Gasteiger partial charge in [-0.15, -0.1) is 0 Å². The number of sulfonamides is 1. The van der Waals surface area contributed by atoms with Crippen LogP contribution in [-0.4, -0.2) is 38.2 Å². The first-order chi connectivity index (χ1) is 10.4. The van der Waals surface area contributed by atoms with Crippen molar-refractivity contribution in [3.05, 3.63) is 48.3 Å². The lowest BCUT2D eigenvalue weighted by Gasteiger charge is -2.14. The first kappa shape index (κ1) is 16.2. The molecule has 1 aromatic carbocycles. The van der Waals surface area contributed by atoms with Gasteiger partial charge in [0.25, 0.3) is 0 Å². The Balaban J connectivity index is 2.04. The van der Waals surface area contributed by atoms with E-state index in [2.05, 4.69) is 14.7 Å². The zero-order valence-electron chi connectivity index (χ0n) is 12.9. The highest BCUT2D eigenvalue weighted by atomic mass is 32.2. The molecule has 0 spiro atoms. The van der Waals surface area contributed by atoms with Crippen LogP contribution in [0, 0.1) is 0 Å². The van der Waals surface area contributed by atoms with Crippen molar-refractivity contribution in [3.63, 3.8) is 0 Å². The van der Waals surface area contributed by atoms with Crippen LogP contribution in [0.3, 0.4) is 0 Å². The fraction of sp³-hybridized carbons (Fsp3) is 0.333. The summed E-state index contributed by atoms with van der Waals surface area (Å²) in [6.45, 7) is 1.89. The average Bonchev–Trinajstić information content (AvgIpc) is 2.47. The Bertz CT molecular complexity index is 700. The molecule has 1 N–H and O–H groups in total. The molecule has 0 fully saturated rings. The van der Waals surface area contributed by atoms with E-state index in [4.69, 9.17) is 0 Å². The number of hydrogen-bond acceptors (Lipinski definition) is 5. The molecule has 0 saturated heterocycles. The molecule has 0 bridgehead atoms. The van der Waals surface area contributed by atoms with Crippen LogP contribution >= 0.6 is 0 Å². The molecule has 0 aliphatic heterocycles. The Morgan fingerprint density at radius 3 is 2.27 bits per heavy atom. The maximum absolute atomic E-state index is 12.2. The Morgan fingerprint density at radius 1 is 1.14 bits per heavy atom. The van der Waals surface area contributed by atoms with E-state index < -0.39 is 10.0 Å². The van der Waals surface area contributed by atoms with Crippen LogP contribution in [0.15, 0.2) is 42.7 Å². The number of hydrogen-bond donors (Lipinski definition) is 1. The van der Waals surface area contributed by atoms with Gasteiger partial charge in [-0.25, -0.2) is 18.4 Å². The van der Waals surface area contributed by atoms with Gasteiger partial charge >= 0.3 is 0 Å². The third-order valence-corrected chi connectivity index (χ3v) is 4.64.